The van der Waals surface area contributed by atoms with Gasteiger partial charge in [0.1, 0.15) is 5.75 Å². The van der Waals surface area contributed by atoms with E-state index in [1.54, 1.807) is 0 Å². The third kappa shape index (κ3) is 5.47. The maximum absolute atomic E-state index is 12.5. The molecule has 1 aliphatic heterocycles. The molecule has 1 aliphatic carbocycles. The predicted octanol–water partition coefficient (Wildman–Crippen LogP) is 1.32. The summed E-state index contributed by atoms with van der Waals surface area (Å²) < 4.78 is 5.65. The Hall–Kier alpha value is -1.57. The molecule has 1 aromatic carbocycles. The van der Waals surface area contributed by atoms with Crippen molar-refractivity contribution in [3.63, 3.8) is 0 Å². The van der Waals surface area contributed by atoms with Crippen molar-refractivity contribution in [3.05, 3.63) is 29.3 Å². The second-order valence-corrected chi connectivity index (χ2v) is 7.97. The first-order chi connectivity index (χ1) is 13.1. The van der Waals surface area contributed by atoms with Crippen LogP contribution in [-0.2, 0) is 11.2 Å². The van der Waals surface area contributed by atoms with Crippen molar-refractivity contribution in [2.75, 3.05) is 13.1 Å². The highest BCUT2D eigenvalue weighted by molar-refractivity contribution is 6.46. The zero-order chi connectivity index (χ0) is 19.2. The van der Waals surface area contributed by atoms with Gasteiger partial charge >= 0.3 is 7.12 Å². The minimum Gasteiger partial charge on any atom is -0.534 e. The third-order valence-corrected chi connectivity index (χ3v) is 5.80. The van der Waals surface area contributed by atoms with Crippen molar-refractivity contribution in [2.24, 2.45) is 11.7 Å². The minimum atomic E-state index is -0.995. The van der Waals surface area contributed by atoms with Gasteiger partial charge in [-0.05, 0) is 75.6 Å². The van der Waals surface area contributed by atoms with Crippen molar-refractivity contribution in [1.29, 1.82) is 0 Å². The van der Waals surface area contributed by atoms with Crippen LogP contribution in [0.5, 0.6) is 5.75 Å². The van der Waals surface area contributed by atoms with E-state index in [9.17, 15) is 9.82 Å². The minimum absolute atomic E-state index is 0.0123. The van der Waals surface area contributed by atoms with Crippen LogP contribution < -0.4 is 21.0 Å². The fraction of sp³-hybridized carbons (Fsp3) is 0.650. The van der Waals surface area contributed by atoms with Gasteiger partial charge in [0.2, 0.25) is 5.91 Å². The molecule has 0 radical (unpaired) electrons. The van der Waals surface area contributed by atoms with E-state index in [2.05, 4.69) is 10.6 Å². The molecular weight excluding hydrogens is 341 g/mol. The van der Waals surface area contributed by atoms with E-state index in [0.29, 0.717) is 24.8 Å². The number of nitrogens with one attached hydrogen (secondary N) is 2. The van der Waals surface area contributed by atoms with E-state index < -0.39 is 7.12 Å². The Morgan fingerprint density at radius 3 is 2.85 bits per heavy atom. The van der Waals surface area contributed by atoms with Crippen LogP contribution in [0.2, 0.25) is 0 Å². The predicted molar refractivity (Wildman–Crippen MR) is 107 cm³/mol. The van der Waals surface area contributed by atoms with Gasteiger partial charge in [0.25, 0.3) is 0 Å². The highest BCUT2D eigenvalue weighted by Crippen LogP contribution is 2.30. The van der Waals surface area contributed by atoms with Gasteiger partial charge < -0.3 is 26.0 Å². The lowest BCUT2D eigenvalue weighted by Crippen LogP contribution is -2.53. The molecule has 0 bridgehead atoms. The van der Waals surface area contributed by atoms with E-state index in [-0.39, 0.29) is 11.8 Å². The van der Waals surface area contributed by atoms with E-state index in [1.807, 2.05) is 25.1 Å². The zero-order valence-corrected chi connectivity index (χ0v) is 16.2. The summed E-state index contributed by atoms with van der Waals surface area (Å²) in [6.45, 7) is 3.67. The van der Waals surface area contributed by atoms with Gasteiger partial charge in [-0.25, -0.2) is 0 Å². The van der Waals surface area contributed by atoms with Gasteiger partial charge in [0.15, 0.2) is 0 Å². The number of carbonyl (C=O) groups excluding carboxylic acids is 1. The van der Waals surface area contributed by atoms with Gasteiger partial charge in [0.05, 0.1) is 5.94 Å². The summed E-state index contributed by atoms with van der Waals surface area (Å²) in [4.78, 5) is 12.5. The molecule has 3 rings (SSSR count). The number of fused-ring (bicyclic) bond motifs is 1. The summed E-state index contributed by atoms with van der Waals surface area (Å²) >= 11 is 0. The molecule has 1 atom stereocenters. The molecule has 0 aromatic heterocycles. The van der Waals surface area contributed by atoms with Crippen LogP contribution in [0.1, 0.15) is 49.7 Å². The van der Waals surface area contributed by atoms with Crippen LogP contribution in [0.4, 0.5) is 0 Å². The average molecular weight is 373 g/mol. The first-order valence-corrected chi connectivity index (χ1v) is 10.2. The fourth-order valence-corrected chi connectivity index (χ4v) is 4.21. The molecule has 1 heterocycles. The first-order valence-electron chi connectivity index (χ1n) is 10.2. The maximum Gasteiger partial charge on any atom is 0.547 e. The van der Waals surface area contributed by atoms with Crippen molar-refractivity contribution >= 4 is 13.0 Å². The molecule has 1 amide bonds. The lowest BCUT2D eigenvalue weighted by Gasteiger charge is -2.31. The number of aryl methyl sites for hydroxylation is 1. The number of nitrogens with two attached hydrogens (primary N) is 1. The molecule has 1 fully saturated rings. The van der Waals surface area contributed by atoms with Crippen LogP contribution in [0, 0.1) is 12.8 Å². The Bertz CT molecular complexity index is 635. The topological polar surface area (TPSA) is 96.6 Å². The smallest absolute Gasteiger partial charge is 0.534 e. The Labute approximate surface area is 162 Å². The normalized spacial score (nSPS) is 24.9. The average Bonchev–Trinajstić information content (AvgIpc) is 2.65. The van der Waals surface area contributed by atoms with Gasteiger partial charge in [-0.15, -0.1) is 0 Å². The highest BCUT2D eigenvalue weighted by atomic mass is 16.5. The summed E-state index contributed by atoms with van der Waals surface area (Å²) in [5.41, 5.74) is 7.57. The lowest BCUT2D eigenvalue weighted by atomic mass is 9.72. The molecule has 1 saturated carbocycles. The molecule has 1 aromatic rings. The number of carbonyl (C=O) groups is 1. The maximum atomic E-state index is 12.5. The van der Waals surface area contributed by atoms with E-state index >= 15 is 0 Å². The molecule has 27 heavy (non-hydrogen) atoms. The Balaban J connectivity index is 1.43. The fourth-order valence-electron chi connectivity index (χ4n) is 4.21. The Morgan fingerprint density at radius 1 is 1.33 bits per heavy atom. The van der Waals surface area contributed by atoms with Crippen LogP contribution in [-0.4, -0.2) is 43.1 Å². The molecular formula is C20H32BN3O3. The number of rotatable bonds is 7. The monoisotopic (exact) mass is 373 g/mol. The van der Waals surface area contributed by atoms with Crippen molar-refractivity contribution in [2.45, 2.75) is 63.9 Å². The van der Waals surface area contributed by atoms with Crippen molar-refractivity contribution in [1.82, 2.24) is 10.6 Å². The van der Waals surface area contributed by atoms with E-state index in [4.69, 9.17) is 10.4 Å². The summed E-state index contributed by atoms with van der Waals surface area (Å²) in [7, 11) is -0.995. The third-order valence-electron chi connectivity index (χ3n) is 5.80. The van der Waals surface area contributed by atoms with Crippen molar-refractivity contribution in [3.8, 4) is 5.75 Å². The molecule has 5 N–H and O–H groups in total. The highest BCUT2D eigenvalue weighted by Gasteiger charge is 2.36. The molecule has 6 nitrogen and oxygen atoms in total. The standard InChI is InChI=1S/C20H32BN3O3/c1-14-4-2-5-16-13-18(21(26)27-20(14)16)24-19(25)12-15-6-8-17(9-7-15)23-11-3-10-22/h2,4-5,15,17-18,23,26H,3,6-13,22H2,1H3,(H,24,25)/t15?,17?,18-/m0/s1. The lowest BCUT2D eigenvalue weighted by molar-refractivity contribution is -0.122. The summed E-state index contributed by atoms with van der Waals surface area (Å²) in [6, 6.07) is 6.50. The number of benzene rings is 1. The summed E-state index contributed by atoms with van der Waals surface area (Å²) in [6.07, 6.45) is 6.51. The number of para-hydroxylation sites is 1. The van der Waals surface area contributed by atoms with Crippen LogP contribution >= 0.6 is 0 Å². The number of hydrogen-bond acceptors (Lipinski definition) is 5. The summed E-state index contributed by atoms with van der Waals surface area (Å²) in [5.74, 6) is 0.795. The molecule has 2 aliphatic rings. The summed E-state index contributed by atoms with van der Waals surface area (Å²) in [5, 5.41) is 16.8. The van der Waals surface area contributed by atoms with Crippen LogP contribution in [0.15, 0.2) is 18.2 Å². The Kier molecular flexibility index (Phi) is 7.16. The number of hydrogen-bond donors (Lipinski definition) is 4. The van der Waals surface area contributed by atoms with Gasteiger partial charge in [-0.3, -0.25) is 4.79 Å². The second kappa shape index (κ2) is 9.58. The molecule has 0 unspecified atom stereocenters. The van der Waals surface area contributed by atoms with Crippen LogP contribution in [0.3, 0.4) is 0 Å². The zero-order valence-electron chi connectivity index (χ0n) is 16.2. The molecule has 148 valence electrons. The van der Waals surface area contributed by atoms with Gasteiger partial charge in [-0.1, -0.05) is 18.2 Å². The first kappa shape index (κ1) is 20.2. The van der Waals surface area contributed by atoms with Gasteiger partial charge in [-0.2, -0.15) is 0 Å². The molecule has 0 spiro atoms. The second-order valence-electron chi connectivity index (χ2n) is 7.97. The largest absolute Gasteiger partial charge is 0.547 e. The Morgan fingerprint density at radius 2 is 2.11 bits per heavy atom. The SMILES string of the molecule is Cc1cccc2c1OB(O)[C@@H](NC(=O)CC1CCC(NCCCN)CC1)C2. The van der Waals surface area contributed by atoms with E-state index in [0.717, 1.165) is 62.1 Å². The molecule has 0 saturated heterocycles. The molecule has 7 heteroatoms. The van der Waals surface area contributed by atoms with Crippen molar-refractivity contribution < 1.29 is 14.5 Å². The number of amides is 1. The van der Waals surface area contributed by atoms with Crippen LogP contribution in [0.25, 0.3) is 0 Å². The van der Waals surface area contributed by atoms with Gasteiger partial charge in [0, 0.05) is 12.5 Å². The van der Waals surface area contributed by atoms with E-state index in [1.165, 1.54) is 0 Å². The quantitative estimate of drug-likeness (QED) is 0.427.